The van der Waals surface area contributed by atoms with E-state index in [9.17, 15) is 4.79 Å². The molecule has 1 fully saturated rings. The Morgan fingerprint density at radius 2 is 2.00 bits per heavy atom. The third kappa shape index (κ3) is 3.35. The Bertz CT molecular complexity index is 570. The van der Waals surface area contributed by atoms with Gasteiger partial charge in [0.05, 0.1) is 6.54 Å². The van der Waals surface area contributed by atoms with E-state index in [-0.39, 0.29) is 5.78 Å². The summed E-state index contributed by atoms with van der Waals surface area (Å²) in [5, 5.41) is 2.10. The Morgan fingerprint density at radius 3 is 2.60 bits per heavy atom. The standard InChI is InChI=1S/C17H19NOS/c1-13-4-6-14(7-5-13)17(19)12-18(15-8-9-15)11-16-3-2-10-20-16/h2-7,10,15H,8-9,11-12H2,1H3. The molecule has 0 N–H and O–H groups in total. The van der Waals surface area contributed by atoms with Gasteiger partial charge in [-0.05, 0) is 31.2 Å². The van der Waals surface area contributed by atoms with Gasteiger partial charge in [0.1, 0.15) is 0 Å². The molecular formula is C17H19NOS. The summed E-state index contributed by atoms with van der Waals surface area (Å²) in [7, 11) is 0. The van der Waals surface area contributed by atoms with Crippen LogP contribution in [0.2, 0.25) is 0 Å². The van der Waals surface area contributed by atoms with Crippen molar-refractivity contribution in [2.45, 2.75) is 32.4 Å². The molecule has 2 nitrogen and oxygen atoms in total. The summed E-state index contributed by atoms with van der Waals surface area (Å²) >= 11 is 1.77. The van der Waals surface area contributed by atoms with Gasteiger partial charge in [0.15, 0.2) is 5.78 Å². The number of hydrogen-bond acceptors (Lipinski definition) is 3. The fraction of sp³-hybridized carbons (Fsp3) is 0.353. The molecule has 0 saturated heterocycles. The summed E-state index contributed by atoms with van der Waals surface area (Å²) < 4.78 is 0. The number of carbonyl (C=O) groups excluding carboxylic acids is 1. The number of aryl methyl sites for hydroxylation is 1. The van der Waals surface area contributed by atoms with Crippen LogP contribution in [0.3, 0.4) is 0 Å². The van der Waals surface area contributed by atoms with Crippen molar-refractivity contribution in [3.63, 3.8) is 0 Å². The molecule has 1 aromatic carbocycles. The molecular weight excluding hydrogens is 266 g/mol. The number of nitrogens with zero attached hydrogens (tertiary/aromatic N) is 1. The van der Waals surface area contributed by atoms with Crippen molar-refractivity contribution in [1.29, 1.82) is 0 Å². The van der Waals surface area contributed by atoms with Crippen LogP contribution in [0.4, 0.5) is 0 Å². The van der Waals surface area contributed by atoms with E-state index in [1.165, 1.54) is 23.3 Å². The summed E-state index contributed by atoms with van der Waals surface area (Å²) in [6.07, 6.45) is 2.46. The van der Waals surface area contributed by atoms with Gasteiger partial charge < -0.3 is 0 Å². The Morgan fingerprint density at radius 1 is 1.25 bits per heavy atom. The van der Waals surface area contributed by atoms with E-state index >= 15 is 0 Å². The molecule has 0 radical (unpaired) electrons. The Hall–Kier alpha value is -1.45. The molecule has 0 aliphatic heterocycles. The third-order valence-electron chi connectivity index (χ3n) is 3.72. The summed E-state index contributed by atoms with van der Waals surface area (Å²) in [6.45, 7) is 3.48. The van der Waals surface area contributed by atoms with Crippen LogP contribution in [-0.4, -0.2) is 23.3 Å². The van der Waals surface area contributed by atoms with Gasteiger partial charge in [-0.15, -0.1) is 11.3 Å². The number of rotatable bonds is 6. The topological polar surface area (TPSA) is 20.3 Å². The van der Waals surface area contributed by atoms with Gasteiger partial charge in [-0.2, -0.15) is 0 Å². The molecule has 2 aromatic rings. The van der Waals surface area contributed by atoms with Crippen molar-refractivity contribution in [1.82, 2.24) is 4.90 Å². The Kier molecular flexibility index (Phi) is 3.99. The van der Waals surface area contributed by atoms with Gasteiger partial charge in [0.2, 0.25) is 0 Å². The average Bonchev–Trinajstić information content (AvgIpc) is 3.17. The van der Waals surface area contributed by atoms with Crippen LogP contribution in [0.15, 0.2) is 41.8 Å². The highest BCUT2D eigenvalue weighted by Crippen LogP contribution is 2.29. The van der Waals surface area contributed by atoms with Gasteiger partial charge >= 0.3 is 0 Å². The van der Waals surface area contributed by atoms with Crippen molar-refractivity contribution in [3.8, 4) is 0 Å². The van der Waals surface area contributed by atoms with Gasteiger partial charge in [-0.25, -0.2) is 0 Å². The van der Waals surface area contributed by atoms with Crippen LogP contribution < -0.4 is 0 Å². The molecule has 1 saturated carbocycles. The Balaban J connectivity index is 1.67. The van der Waals surface area contributed by atoms with Crippen molar-refractivity contribution < 1.29 is 4.79 Å². The second-order valence-corrected chi connectivity index (χ2v) is 6.54. The first-order valence-electron chi connectivity index (χ1n) is 7.08. The molecule has 1 heterocycles. The number of thiophene rings is 1. The van der Waals surface area contributed by atoms with E-state index in [2.05, 4.69) is 22.4 Å². The monoisotopic (exact) mass is 285 g/mol. The highest BCUT2D eigenvalue weighted by molar-refractivity contribution is 7.09. The van der Waals surface area contributed by atoms with E-state index < -0.39 is 0 Å². The van der Waals surface area contributed by atoms with Crippen LogP contribution in [0.1, 0.15) is 33.6 Å². The normalized spacial score (nSPS) is 14.7. The minimum Gasteiger partial charge on any atom is -0.293 e. The second-order valence-electron chi connectivity index (χ2n) is 5.50. The predicted molar refractivity (Wildman–Crippen MR) is 83.3 cm³/mol. The van der Waals surface area contributed by atoms with E-state index in [0.29, 0.717) is 12.6 Å². The van der Waals surface area contributed by atoms with Crippen LogP contribution >= 0.6 is 11.3 Å². The van der Waals surface area contributed by atoms with Gasteiger partial charge in [-0.3, -0.25) is 9.69 Å². The van der Waals surface area contributed by atoms with Crippen LogP contribution in [0.25, 0.3) is 0 Å². The zero-order valence-corrected chi connectivity index (χ0v) is 12.5. The average molecular weight is 285 g/mol. The fourth-order valence-corrected chi connectivity index (χ4v) is 3.10. The molecule has 0 bridgehead atoms. The summed E-state index contributed by atoms with van der Waals surface area (Å²) in [5.41, 5.74) is 2.02. The first-order valence-corrected chi connectivity index (χ1v) is 7.96. The maximum atomic E-state index is 12.4. The summed E-state index contributed by atoms with van der Waals surface area (Å²) in [5.74, 6) is 0.230. The molecule has 3 heteroatoms. The minimum absolute atomic E-state index is 0.230. The van der Waals surface area contributed by atoms with Crippen molar-refractivity contribution in [2.75, 3.05) is 6.54 Å². The number of hydrogen-bond donors (Lipinski definition) is 0. The lowest BCUT2D eigenvalue weighted by molar-refractivity contribution is 0.0920. The van der Waals surface area contributed by atoms with Crippen LogP contribution in [0.5, 0.6) is 0 Å². The van der Waals surface area contributed by atoms with Gasteiger partial charge in [0.25, 0.3) is 0 Å². The maximum absolute atomic E-state index is 12.4. The number of benzene rings is 1. The van der Waals surface area contributed by atoms with Crippen molar-refractivity contribution >= 4 is 17.1 Å². The summed E-state index contributed by atoms with van der Waals surface area (Å²) in [6, 6.07) is 12.7. The van der Waals surface area contributed by atoms with Crippen LogP contribution in [-0.2, 0) is 6.54 Å². The molecule has 1 aliphatic rings. The summed E-state index contributed by atoms with van der Waals surface area (Å²) in [4.78, 5) is 16.1. The highest BCUT2D eigenvalue weighted by atomic mass is 32.1. The van der Waals surface area contributed by atoms with Crippen molar-refractivity contribution in [3.05, 3.63) is 57.8 Å². The first-order chi connectivity index (χ1) is 9.72. The lowest BCUT2D eigenvalue weighted by atomic mass is 10.1. The molecule has 3 rings (SSSR count). The molecule has 1 aromatic heterocycles. The maximum Gasteiger partial charge on any atom is 0.176 e. The van der Waals surface area contributed by atoms with Gasteiger partial charge in [0, 0.05) is 23.0 Å². The zero-order valence-electron chi connectivity index (χ0n) is 11.7. The lowest BCUT2D eigenvalue weighted by Crippen LogP contribution is -2.31. The molecule has 20 heavy (non-hydrogen) atoms. The van der Waals surface area contributed by atoms with E-state index in [1.54, 1.807) is 11.3 Å². The number of Topliss-reactive ketones (excluding diaryl/α,β-unsaturated/α-hetero) is 1. The van der Waals surface area contributed by atoms with E-state index in [1.807, 2.05) is 31.2 Å². The van der Waals surface area contributed by atoms with Crippen LogP contribution in [0, 0.1) is 6.92 Å². The molecule has 0 unspecified atom stereocenters. The number of ketones is 1. The zero-order chi connectivity index (χ0) is 13.9. The first kappa shape index (κ1) is 13.5. The molecule has 104 valence electrons. The minimum atomic E-state index is 0.230. The Labute approximate surface area is 124 Å². The molecule has 1 aliphatic carbocycles. The third-order valence-corrected chi connectivity index (χ3v) is 4.58. The largest absolute Gasteiger partial charge is 0.293 e. The number of carbonyl (C=O) groups is 1. The molecule has 0 amide bonds. The van der Waals surface area contributed by atoms with Gasteiger partial charge in [-0.1, -0.05) is 35.9 Å². The molecule has 0 spiro atoms. The second kappa shape index (κ2) is 5.90. The molecule has 0 atom stereocenters. The van der Waals surface area contributed by atoms with Crippen molar-refractivity contribution in [2.24, 2.45) is 0 Å². The predicted octanol–water partition coefficient (Wildman–Crippen LogP) is 3.90. The quantitative estimate of drug-likeness (QED) is 0.750. The van der Waals surface area contributed by atoms with E-state index in [0.717, 1.165) is 12.1 Å². The SMILES string of the molecule is Cc1ccc(C(=O)CN(Cc2cccs2)C2CC2)cc1. The van der Waals surface area contributed by atoms with E-state index in [4.69, 9.17) is 0 Å². The highest BCUT2D eigenvalue weighted by Gasteiger charge is 2.30. The smallest absolute Gasteiger partial charge is 0.176 e. The fourth-order valence-electron chi connectivity index (χ4n) is 2.37. The lowest BCUT2D eigenvalue weighted by Gasteiger charge is -2.20.